The van der Waals surface area contributed by atoms with Crippen molar-refractivity contribution in [2.24, 2.45) is 5.92 Å². The van der Waals surface area contributed by atoms with Crippen molar-refractivity contribution >= 4 is 60.7 Å². The molecule has 33 heavy (non-hydrogen) atoms. The van der Waals surface area contributed by atoms with Gasteiger partial charge in [-0.3, -0.25) is 9.52 Å². The second-order valence-electron chi connectivity index (χ2n) is 7.71. The summed E-state index contributed by atoms with van der Waals surface area (Å²) < 4.78 is 54.8. The number of rotatable bonds is 7. The third-order valence-corrected chi connectivity index (χ3v) is 9.28. The van der Waals surface area contributed by atoms with Gasteiger partial charge in [0.2, 0.25) is 5.91 Å². The van der Waals surface area contributed by atoms with Crippen molar-refractivity contribution in [3.8, 4) is 0 Å². The molecule has 1 amide bonds. The fourth-order valence-corrected chi connectivity index (χ4v) is 6.01. The van der Waals surface area contributed by atoms with Crippen LogP contribution in [-0.4, -0.2) is 58.5 Å². The Balaban J connectivity index is 1.67. The van der Waals surface area contributed by atoms with E-state index >= 15 is 0 Å². The molecule has 2 N–H and O–H groups in total. The maximum Gasteiger partial charge on any atom is 0.281 e. The zero-order valence-corrected chi connectivity index (χ0v) is 21.1. The van der Waals surface area contributed by atoms with E-state index in [4.69, 9.17) is 23.2 Å². The van der Waals surface area contributed by atoms with Gasteiger partial charge < -0.3 is 5.32 Å². The summed E-state index contributed by atoms with van der Waals surface area (Å²) in [6.07, 6.45) is 1.13. The van der Waals surface area contributed by atoms with E-state index in [2.05, 4.69) is 10.0 Å². The van der Waals surface area contributed by atoms with Crippen LogP contribution in [0.25, 0.3) is 0 Å². The van der Waals surface area contributed by atoms with E-state index in [9.17, 15) is 21.6 Å². The molecule has 2 aromatic carbocycles. The number of benzene rings is 2. The molecule has 1 aliphatic heterocycles. The highest BCUT2D eigenvalue weighted by molar-refractivity contribution is 7.92. The molecule has 9 nitrogen and oxygen atoms in total. The first kappa shape index (κ1) is 25.7. The van der Waals surface area contributed by atoms with Crippen LogP contribution in [0.1, 0.15) is 12.8 Å². The van der Waals surface area contributed by atoms with Crippen molar-refractivity contribution in [3.63, 3.8) is 0 Å². The molecule has 1 fully saturated rings. The Kier molecular flexibility index (Phi) is 7.92. The summed E-state index contributed by atoms with van der Waals surface area (Å²) in [5.74, 6) is -0.836. The van der Waals surface area contributed by atoms with Gasteiger partial charge in [0.25, 0.3) is 20.2 Å². The lowest BCUT2D eigenvalue weighted by molar-refractivity contribution is -0.120. The fourth-order valence-electron chi connectivity index (χ4n) is 3.34. The standard InChI is InChI=1S/C20H24Cl2N4O5S2/c1-25(2)33(30,31)26-12-4-5-14(13-26)20(27)23-15-8-10-16(11-9-15)32(28,29)24-18-7-3-6-17(21)19(18)22/h3,6-11,14,24H,4-5,12-13H2,1-2H3,(H,23,27). The van der Waals surface area contributed by atoms with E-state index in [1.54, 1.807) is 12.1 Å². The summed E-state index contributed by atoms with van der Waals surface area (Å²) in [6.45, 7) is 0.448. The quantitative estimate of drug-likeness (QED) is 0.565. The Morgan fingerprint density at radius 2 is 1.73 bits per heavy atom. The molecule has 1 saturated heterocycles. The monoisotopic (exact) mass is 534 g/mol. The van der Waals surface area contributed by atoms with Crippen molar-refractivity contribution in [3.05, 3.63) is 52.5 Å². The molecule has 0 bridgehead atoms. The van der Waals surface area contributed by atoms with Crippen LogP contribution >= 0.6 is 23.2 Å². The molecule has 1 heterocycles. The lowest BCUT2D eigenvalue weighted by Crippen LogP contribution is -2.47. The van der Waals surface area contributed by atoms with Gasteiger partial charge in [-0.05, 0) is 49.2 Å². The van der Waals surface area contributed by atoms with Gasteiger partial charge in [-0.25, -0.2) is 8.42 Å². The number of carbonyl (C=O) groups is 1. The minimum Gasteiger partial charge on any atom is -0.326 e. The lowest BCUT2D eigenvalue weighted by Gasteiger charge is -2.32. The zero-order valence-electron chi connectivity index (χ0n) is 18.0. The van der Waals surface area contributed by atoms with Crippen LogP contribution in [0.15, 0.2) is 47.4 Å². The first-order chi connectivity index (χ1) is 15.4. The number of hydrogen-bond acceptors (Lipinski definition) is 5. The molecule has 1 unspecified atom stereocenters. The molecular formula is C20H24Cl2N4O5S2. The second-order valence-corrected chi connectivity index (χ2v) is 12.3. The molecule has 3 rings (SSSR count). The topological polar surface area (TPSA) is 116 Å². The summed E-state index contributed by atoms with van der Waals surface area (Å²) in [5, 5.41) is 3.03. The molecule has 1 atom stereocenters. The van der Waals surface area contributed by atoms with Gasteiger partial charge in [0.1, 0.15) is 0 Å². The van der Waals surface area contributed by atoms with Gasteiger partial charge in [-0.15, -0.1) is 0 Å². The van der Waals surface area contributed by atoms with E-state index in [1.807, 2.05) is 0 Å². The van der Waals surface area contributed by atoms with E-state index in [0.29, 0.717) is 25.1 Å². The number of nitrogens with one attached hydrogen (secondary N) is 2. The van der Waals surface area contributed by atoms with Crippen LogP contribution in [0.2, 0.25) is 10.0 Å². The SMILES string of the molecule is CN(C)S(=O)(=O)N1CCCC(C(=O)Nc2ccc(S(=O)(=O)Nc3cccc(Cl)c3Cl)cc2)C1. The number of nitrogens with zero attached hydrogens (tertiary/aromatic N) is 2. The minimum atomic E-state index is -3.93. The van der Waals surface area contributed by atoms with Crippen molar-refractivity contribution in [2.45, 2.75) is 17.7 Å². The third-order valence-electron chi connectivity index (χ3n) is 5.17. The van der Waals surface area contributed by atoms with Crippen molar-refractivity contribution in [2.75, 3.05) is 37.2 Å². The molecule has 13 heteroatoms. The molecule has 0 aliphatic carbocycles. The van der Waals surface area contributed by atoms with Crippen molar-refractivity contribution < 1.29 is 21.6 Å². The summed E-state index contributed by atoms with van der Waals surface area (Å²) in [6, 6.07) is 10.2. The average Bonchev–Trinajstić information content (AvgIpc) is 2.77. The van der Waals surface area contributed by atoms with Crippen LogP contribution in [0, 0.1) is 5.92 Å². The van der Waals surface area contributed by atoms with Gasteiger partial charge in [0, 0.05) is 32.9 Å². The first-order valence-corrected chi connectivity index (χ1v) is 13.6. The third kappa shape index (κ3) is 5.97. The second kappa shape index (κ2) is 10.2. The Hall–Kier alpha value is -1.89. The molecule has 1 aliphatic rings. The Labute approximate surface area is 203 Å². The van der Waals surface area contributed by atoms with Gasteiger partial charge in [-0.2, -0.15) is 17.0 Å². The van der Waals surface area contributed by atoms with E-state index in [0.717, 1.165) is 4.31 Å². The highest BCUT2D eigenvalue weighted by Gasteiger charge is 2.33. The molecule has 0 saturated carbocycles. The van der Waals surface area contributed by atoms with E-state index < -0.39 is 26.2 Å². The molecule has 0 radical (unpaired) electrons. The average molecular weight is 535 g/mol. The zero-order chi connectivity index (χ0) is 24.4. The number of hydrogen-bond donors (Lipinski definition) is 2. The highest BCUT2D eigenvalue weighted by Crippen LogP contribution is 2.31. The summed E-state index contributed by atoms with van der Waals surface area (Å²) >= 11 is 12.0. The number of sulfonamides is 1. The number of amides is 1. The summed E-state index contributed by atoms with van der Waals surface area (Å²) in [4.78, 5) is 12.7. The van der Waals surface area contributed by atoms with Crippen molar-refractivity contribution in [1.29, 1.82) is 0 Å². The van der Waals surface area contributed by atoms with E-state index in [1.165, 1.54) is 48.7 Å². The first-order valence-electron chi connectivity index (χ1n) is 9.97. The predicted molar refractivity (Wildman–Crippen MR) is 129 cm³/mol. The van der Waals surface area contributed by atoms with Crippen LogP contribution in [0.3, 0.4) is 0 Å². The minimum absolute atomic E-state index is 0.0301. The number of piperidine rings is 1. The van der Waals surface area contributed by atoms with Gasteiger partial charge in [-0.1, -0.05) is 29.3 Å². The largest absolute Gasteiger partial charge is 0.326 e. The Morgan fingerprint density at radius 3 is 2.36 bits per heavy atom. The maximum absolute atomic E-state index is 12.7. The normalized spacial score (nSPS) is 17.7. The van der Waals surface area contributed by atoms with Gasteiger partial charge in [0.05, 0.1) is 26.5 Å². The summed E-state index contributed by atoms with van der Waals surface area (Å²) in [7, 11) is -4.64. The number of carbonyl (C=O) groups excluding carboxylic acids is 1. The molecule has 2 aromatic rings. The number of halogens is 2. The molecule has 0 spiro atoms. The molecular weight excluding hydrogens is 511 g/mol. The Bertz CT molecular complexity index is 1240. The van der Waals surface area contributed by atoms with Crippen LogP contribution in [0.5, 0.6) is 0 Å². The predicted octanol–water partition coefficient (Wildman–Crippen LogP) is 3.25. The van der Waals surface area contributed by atoms with Crippen molar-refractivity contribution in [1.82, 2.24) is 8.61 Å². The smallest absolute Gasteiger partial charge is 0.281 e. The molecule has 0 aromatic heterocycles. The maximum atomic E-state index is 12.7. The fraction of sp³-hybridized carbons (Fsp3) is 0.350. The highest BCUT2D eigenvalue weighted by atomic mass is 35.5. The lowest BCUT2D eigenvalue weighted by atomic mass is 9.99. The number of anilines is 2. The van der Waals surface area contributed by atoms with Gasteiger partial charge in [0.15, 0.2) is 0 Å². The van der Waals surface area contributed by atoms with E-state index in [-0.39, 0.29) is 33.1 Å². The van der Waals surface area contributed by atoms with Gasteiger partial charge >= 0.3 is 0 Å². The summed E-state index contributed by atoms with van der Waals surface area (Å²) in [5.41, 5.74) is 0.545. The molecule has 180 valence electrons. The van der Waals surface area contributed by atoms with Crippen LogP contribution < -0.4 is 10.0 Å². The Morgan fingerprint density at radius 1 is 1.06 bits per heavy atom. The van der Waals surface area contributed by atoms with Crippen LogP contribution in [0.4, 0.5) is 11.4 Å². The van der Waals surface area contributed by atoms with Crippen LogP contribution in [-0.2, 0) is 25.0 Å².